The summed E-state index contributed by atoms with van der Waals surface area (Å²) < 4.78 is 0. The van der Waals surface area contributed by atoms with Gasteiger partial charge in [-0.15, -0.1) is 0 Å². The Bertz CT molecular complexity index is 878. The summed E-state index contributed by atoms with van der Waals surface area (Å²) >= 11 is 0. The van der Waals surface area contributed by atoms with Crippen molar-refractivity contribution in [3.05, 3.63) is 65.0 Å². The molecular weight excluding hydrogens is 322 g/mol. The molecule has 26 heavy (non-hydrogen) atoms. The molecule has 0 aliphatic rings. The van der Waals surface area contributed by atoms with Crippen LogP contribution in [0.5, 0.6) is 0 Å². The number of fused-ring (bicyclic) bond motifs is 1. The first-order valence-electron chi connectivity index (χ1n) is 9.32. The van der Waals surface area contributed by atoms with Crippen LogP contribution >= 0.6 is 0 Å². The Balaban J connectivity index is 1.43. The third-order valence-electron chi connectivity index (χ3n) is 4.64. The summed E-state index contributed by atoms with van der Waals surface area (Å²) in [6.07, 6.45) is 2.33. The highest BCUT2D eigenvalue weighted by Gasteiger charge is 2.06. The SMILES string of the molecule is Cc1nc2ccc(CC(=O)NCCCc3ccc(C(C)C)cc3)cc2[nH]1. The summed E-state index contributed by atoms with van der Waals surface area (Å²) in [6, 6.07) is 14.7. The van der Waals surface area contributed by atoms with Gasteiger partial charge in [0.05, 0.1) is 17.5 Å². The minimum absolute atomic E-state index is 0.0655. The quantitative estimate of drug-likeness (QED) is 0.625. The van der Waals surface area contributed by atoms with E-state index in [9.17, 15) is 4.79 Å². The summed E-state index contributed by atoms with van der Waals surface area (Å²) in [4.78, 5) is 19.7. The third kappa shape index (κ3) is 4.72. The predicted molar refractivity (Wildman–Crippen MR) is 106 cm³/mol. The van der Waals surface area contributed by atoms with E-state index in [0.717, 1.165) is 35.3 Å². The number of hydrogen-bond acceptors (Lipinski definition) is 2. The van der Waals surface area contributed by atoms with E-state index in [0.29, 0.717) is 18.9 Å². The lowest BCUT2D eigenvalue weighted by Gasteiger charge is -2.08. The monoisotopic (exact) mass is 349 g/mol. The fraction of sp³-hybridized carbons (Fsp3) is 0.364. The molecule has 1 heterocycles. The molecule has 136 valence electrons. The zero-order valence-corrected chi connectivity index (χ0v) is 15.8. The van der Waals surface area contributed by atoms with Crippen LogP contribution in [0.3, 0.4) is 0 Å². The number of nitrogens with one attached hydrogen (secondary N) is 2. The van der Waals surface area contributed by atoms with Gasteiger partial charge in [0.15, 0.2) is 0 Å². The highest BCUT2D eigenvalue weighted by molar-refractivity contribution is 5.81. The van der Waals surface area contributed by atoms with Gasteiger partial charge >= 0.3 is 0 Å². The zero-order chi connectivity index (χ0) is 18.5. The molecule has 3 aromatic rings. The summed E-state index contributed by atoms with van der Waals surface area (Å²) in [5.74, 6) is 1.52. The van der Waals surface area contributed by atoms with Crippen LogP contribution in [0.25, 0.3) is 11.0 Å². The maximum absolute atomic E-state index is 12.1. The lowest BCUT2D eigenvalue weighted by Crippen LogP contribution is -2.26. The molecule has 0 radical (unpaired) electrons. The van der Waals surface area contributed by atoms with Gasteiger partial charge in [-0.3, -0.25) is 4.79 Å². The summed E-state index contributed by atoms with van der Waals surface area (Å²) in [7, 11) is 0. The molecule has 3 rings (SSSR count). The second kappa shape index (κ2) is 8.17. The zero-order valence-electron chi connectivity index (χ0n) is 15.8. The lowest BCUT2D eigenvalue weighted by atomic mass is 10.0. The number of aromatic nitrogens is 2. The normalized spacial score (nSPS) is 11.2. The number of carbonyl (C=O) groups is 1. The molecule has 0 atom stereocenters. The third-order valence-corrected chi connectivity index (χ3v) is 4.64. The van der Waals surface area contributed by atoms with Crippen LogP contribution in [0.15, 0.2) is 42.5 Å². The fourth-order valence-corrected chi connectivity index (χ4v) is 3.13. The van der Waals surface area contributed by atoms with Crippen LogP contribution in [-0.4, -0.2) is 22.4 Å². The minimum Gasteiger partial charge on any atom is -0.356 e. The smallest absolute Gasteiger partial charge is 0.224 e. The predicted octanol–water partition coefficient (Wildman–Crippen LogP) is 4.29. The number of H-pyrrole nitrogens is 1. The van der Waals surface area contributed by atoms with Gasteiger partial charge in [-0.1, -0.05) is 44.2 Å². The van der Waals surface area contributed by atoms with Gasteiger partial charge in [-0.05, 0) is 54.5 Å². The molecule has 0 aliphatic carbocycles. The van der Waals surface area contributed by atoms with Crippen molar-refractivity contribution in [3.8, 4) is 0 Å². The van der Waals surface area contributed by atoms with E-state index in [4.69, 9.17) is 0 Å². The van der Waals surface area contributed by atoms with Crippen molar-refractivity contribution >= 4 is 16.9 Å². The molecule has 4 heteroatoms. The number of rotatable bonds is 7. The topological polar surface area (TPSA) is 57.8 Å². The molecule has 1 aromatic heterocycles. The molecule has 0 saturated carbocycles. The fourth-order valence-electron chi connectivity index (χ4n) is 3.13. The number of carbonyl (C=O) groups excluding carboxylic acids is 1. The van der Waals surface area contributed by atoms with Crippen molar-refractivity contribution in [2.45, 2.75) is 46.0 Å². The van der Waals surface area contributed by atoms with Gasteiger partial charge in [-0.2, -0.15) is 0 Å². The van der Waals surface area contributed by atoms with E-state index >= 15 is 0 Å². The molecular formula is C22H27N3O. The molecule has 0 spiro atoms. The van der Waals surface area contributed by atoms with E-state index in [1.54, 1.807) is 0 Å². The van der Waals surface area contributed by atoms with Crippen LogP contribution in [0.1, 0.15) is 48.7 Å². The van der Waals surface area contributed by atoms with Gasteiger partial charge < -0.3 is 10.3 Å². The van der Waals surface area contributed by atoms with Gasteiger partial charge in [0.2, 0.25) is 5.91 Å². The molecule has 4 nitrogen and oxygen atoms in total. The Kier molecular flexibility index (Phi) is 5.71. The number of amides is 1. The van der Waals surface area contributed by atoms with Crippen LogP contribution in [0.2, 0.25) is 0 Å². The van der Waals surface area contributed by atoms with E-state index in [-0.39, 0.29) is 5.91 Å². The summed E-state index contributed by atoms with van der Waals surface area (Å²) in [5.41, 5.74) is 5.62. The number of nitrogens with zero attached hydrogens (tertiary/aromatic N) is 1. The molecule has 0 aliphatic heterocycles. The highest BCUT2D eigenvalue weighted by atomic mass is 16.1. The first-order valence-corrected chi connectivity index (χ1v) is 9.32. The van der Waals surface area contributed by atoms with Crippen molar-refractivity contribution in [2.24, 2.45) is 0 Å². The Morgan fingerprint density at radius 2 is 1.85 bits per heavy atom. The van der Waals surface area contributed by atoms with E-state index in [2.05, 4.69) is 53.4 Å². The first-order chi connectivity index (χ1) is 12.5. The first kappa shape index (κ1) is 18.2. The number of hydrogen-bond donors (Lipinski definition) is 2. The number of imidazole rings is 1. The molecule has 0 saturated heterocycles. The van der Waals surface area contributed by atoms with Crippen molar-refractivity contribution < 1.29 is 4.79 Å². The van der Waals surface area contributed by atoms with Crippen molar-refractivity contribution in [1.82, 2.24) is 15.3 Å². The largest absolute Gasteiger partial charge is 0.356 e. The number of benzene rings is 2. The standard InChI is InChI=1S/C22H27N3O/c1-15(2)19-9-6-17(7-10-19)5-4-12-23-22(26)14-18-8-11-20-21(13-18)25-16(3)24-20/h6-11,13,15H,4-5,12,14H2,1-3H3,(H,23,26)(H,24,25). The van der Waals surface area contributed by atoms with Crippen LogP contribution in [-0.2, 0) is 17.6 Å². The molecule has 0 bridgehead atoms. The Labute approximate surface area is 155 Å². The van der Waals surface area contributed by atoms with Crippen molar-refractivity contribution in [3.63, 3.8) is 0 Å². The average molecular weight is 349 g/mol. The van der Waals surface area contributed by atoms with Crippen LogP contribution < -0.4 is 5.32 Å². The molecule has 1 amide bonds. The van der Waals surface area contributed by atoms with Gasteiger partial charge in [0, 0.05) is 6.54 Å². The maximum atomic E-state index is 12.1. The Morgan fingerprint density at radius 3 is 2.58 bits per heavy atom. The van der Waals surface area contributed by atoms with Crippen LogP contribution in [0, 0.1) is 6.92 Å². The number of aromatic amines is 1. The Morgan fingerprint density at radius 1 is 1.12 bits per heavy atom. The summed E-state index contributed by atoms with van der Waals surface area (Å²) in [5, 5.41) is 3.02. The minimum atomic E-state index is 0.0655. The average Bonchev–Trinajstić information content (AvgIpc) is 2.98. The van der Waals surface area contributed by atoms with Crippen LogP contribution in [0.4, 0.5) is 0 Å². The Hall–Kier alpha value is -2.62. The maximum Gasteiger partial charge on any atom is 0.224 e. The number of aryl methyl sites for hydroxylation is 2. The van der Waals surface area contributed by atoms with Gasteiger partial charge in [-0.25, -0.2) is 4.98 Å². The molecule has 2 aromatic carbocycles. The van der Waals surface area contributed by atoms with Crippen molar-refractivity contribution in [2.75, 3.05) is 6.54 Å². The van der Waals surface area contributed by atoms with E-state index in [1.807, 2.05) is 25.1 Å². The van der Waals surface area contributed by atoms with E-state index in [1.165, 1.54) is 11.1 Å². The second-order valence-electron chi connectivity index (χ2n) is 7.20. The highest BCUT2D eigenvalue weighted by Crippen LogP contribution is 2.16. The molecule has 0 fully saturated rings. The lowest BCUT2D eigenvalue weighted by molar-refractivity contribution is -0.120. The van der Waals surface area contributed by atoms with Gasteiger partial charge in [0.25, 0.3) is 0 Å². The van der Waals surface area contributed by atoms with Gasteiger partial charge in [0.1, 0.15) is 5.82 Å². The summed E-state index contributed by atoms with van der Waals surface area (Å²) in [6.45, 7) is 7.05. The molecule has 2 N–H and O–H groups in total. The van der Waals surface area contributed by atoms with E-state index < -0.39 is 0 Å². The molecule has 0 unspecified atom stereocenters. The second-order valence-corrected chi connectivity index (χ2v) is 7.20. The van der Waals surface area contributed by atoms with Crippen molar-refractivity contribution in [1.29, 1.82) is 0 Å².